The van der Waals surface area contributed by atoms with Crippen molar-refractivity contribution in [3.8, 4) is 11.8 Å². The number of benzene rings is 1. The van der Waals surface area contributed by atoms with Crippen LogP contribution in [0.1, 0.15) is 11.1 Å². The molecule has 0 aliphatic rings. The predicted molar refractivity (Wildman–Crippen MR) is 68.9 cm³/mol. The van der Waals surface area contributed by atoms with Crippen LogP contribution < -0.4 is 10.5 Å². The highest BCUT2D eigenvalue weighted by Crippen LogP contribution is 2.25. The Balaban J connectivity index is 2.19. The maximum atomic E-state index is 5.58. The van der Waals surface area contributed by atoms with Crippen molar-refractivity contribution in [1.82, 2.24) is 9.97 Å². The molecule has 5 heteroatoms. The average Bonchev–Trinajstić information content (AvgIpc) is 2.34. The van der Waals surface area contributed by atoms with Gasteiger partial charge in [-0.15, -0.1) is 0 Å². The van der Waals surface area contributed by atoms with Crippen molar-refractivity contribution in [2.45, 2.75) is 13.5 Å². The Kier molecular flexibility index (Phi) is 3.71. The molecule has 0 spiro atoms. The van der Waals surface area contributed by atoms with Crippen LogP contribution in [0.2, 0.25) is 0 Å². The summed E-state index contributed by atoms with van der Waals surface area (Å²) < 4.78 is 6.60. The van der Waals surface area contributed by atoms with Gasteiger partial charge in [0.15, 0.2) is 0 Å². The SMILES string of the molecule is Cc1cc(Br)ccc1Oc1ncc(CN)cn1. The summed E-state index contributed by atoms with van der Waals surface area (Å²) in [5, 5.41) is 0. The van der Waals surface area contributed by atoms with Gasteiger partial charge in [0.05, 0.1) is 0 Å². The third kappa shape index (κ3) is 3.01. The fourth-order valence-electron chi connectivity index (χ4n) is 1.33. The lowest BCUT2D eigenvalue weighted by molar-refractivity contribution is 0.438. The number of hydrogen-bond acceptors (Lipinski definition) is 4. The van der Waals surface area contributed by atoms with E-state index in [-0.39, 0.29) is 0 Å². The second kappa shape index (κ2) is 5.25. The molecule has 0 saturated carbocycles. The Labute approximate surface area is 108 Å². The van der Waals surface area contributed by atoms with Gasteiger partial charge in [0.1, 0.15) is 5.75 Å². The van der Waals surface area contributed by atoms with Crippen molar-refractivity contribution in [3.05, 3.63) is 46.2 Å². The number of nitrogens with two attached hydrogens (primary N) is 1. The first-order chi connectivity index (χ1) is 8.19. The molecule has 88 valence electrons. The summed E-state index contributed by atoms with van der Waals surface area (Å²) in [6.45, 7) is 2.39. The topological polar surface area (TPSA) is 61.0 Å². The Morgan fingerprint density at radius 3 is 2.59 bits per heavy atom. The van der Waals surface area contributed by atoms with E-state index in [1.807, 2.05) is 25.1 Å². The van der Waals surface area contributed by atoms with Crippen LogP contribution in [0.15, 0.2) is 35.1 Å². The Hall–Kier alpha value is -1.46. The molecule has 0 radical (unpaired) electrons. The molecular formula is C12H12BrN3O. The molecular weight excluding hydrogens is 282 g/mol. The van der Waals surface area contributed by atoms with Crippen LogP contribution in [-0.2, 0) is 6.54 Å². The van der Waals surface area contributed by atoms with Crippen molar-refractivity contribution in [3.63, 3.8) is 0 Å². The van der Waals surface area contributed by atoms with Crippen LogP contribution in [0.5, 0.6) is 11.8 Å². The largest absolute Gasteiger partial charge is 0.424 e. The predicted octanol–water partition coefficient (Wildman–Crippen LogP) is 2.80. The number of ether oxygens (including phenoxy) is 1. The maximum Gasteiger partial charge on any atom is 0.321 e. The minimum Gasteiger partial charge on any atom is -0.424 e. The van der Waals surface area contributed by atoms with Gasteiger partial charge in [-0.05, 0) is 30.7 Å². The Morgan fingerprint density at radius 2 is 2.00 bits per heavy atom. The van der Waals surface area contributed by atoms with Crippen LogP contribution in [0.3, 0.4) is 0 Å². The fraction of sp³-hybridized carbons (Fsp3) is 0.167. The van der Waals surface area contributed by atoms with E-state index in [0.29, 0.717) is 12.6 Å². The zero-order chi connectivity index (χ0) is 12.3. The maximum absolute atomic E-state index is 5.58. The van der Waals surface area contributed by atoms with E-state index in [0.717, 1.165) is 21.3 Å². The zero-order valence-electron chi connectivity index (χ0n) is 9.35. The van der Waals surface area contributed by atoms with Crippen molar-refractivity contribution in [2.24, 2.45) is 5.73 Å². The van der Waals surface area contributed by atoms with Crippen LogP contribution in [0, 0.1) is 6.92 Å². The molecule has 0 amide bonds. The number of hydrogen-bond donors (Lipinski definition) is 1. The van der Waals surface area contributed by atoms with E-state index in [4.69, 9.17) is 10.5 Å². The van der Waals surface area contributed by atoms with Crippen LogP contribution in [-0.4, -0.2) is 9.97 Å². The highest BCUT2D eigenvalue weighted by molar-refractivity contribution is 9.10. The lowest BCUT2D eigenvalue weighted by Crippen LogP contribution is -1.99. The summed E-state index contributed by atoms with van der Waals surface area (Å²) in [4.78, 5) is 8.17. The molecule has 1 aromatic carbocycles. The summed E-state index contributed by atoms with van der Waals surface area (Å²) in [7, 11) is 0. The normalized spacial score (nSPS) is 10.3. The van der Waals surface area contributed by atoms with Crippen molar-refractivity contribution in [2.75, 3.05) is 0 Å². The number of halogens is 1. The zero-order valence-corrected chi connectivity index (χ0v) is 10.9. The standard InChI is InChI=1S/C12H12BrN3O/c1-8-4-10(13)2-3-11(8)17-12-15-6-9(5-14)7-16-12/h2-4,6-7H,5,14H2,1H3. The summed E-state index contributed by atoms with van der Waals surface area (Å²) in [6.07, 6.45) is 3.33. The van der Waals surface area contributed by atoms with E-state index in [2.05, 4.69) is 25.9 Å². The molecule has 0 aliphatic carbocycles. The molecule has 1 aromatic heterocycles. The van der Waals surface area contributed by atoms with Gasteiger partial charge in [0, 0.05) is 29.0 Å². The first-order valence-corrected chi connectivity index (χ1v) is 5.93. The molecule has 2 rings (SSSR count). The lowest BCUT2D eigenvalue weighted by Gasteiger charge is -2.07. The van der Waals surface area contributed by atoms with Crippen molar-refractivity contribution in [1.29, 1.82) is 0 Å². The fourth-order valence-corrected chi connectivity index (χ4v) is 1.80. The van der Waals surface area contributed by atoms with E-state index in [9.17, 15) is 0 Å². The van der Waals surface area contributed by atoms with E-state index in [1.54, 1.807) is 12.4 Å². The monoisotopic (exact) mass is 293 g/mol. The highest BCUT2D eigenvalue weighted by Gasteiger charge is 2.04. The van der Waals surface area contributed by atoms with Gasteiger partial charge >= 0.3 is 6.01 Å². The number of aryl methyl sites for hydroxylation is 1. The summed E-state index contributed by atoms with van der Waals surface area (Å²) >= 11 is 3.40. The summed E-state index contributed by atoms with van der Waals surface area (Å²) in [5.41, 5.74) is 7.37. The molecule has 17 heavy (non-hydrogen) atoms. The Bertz CT molecular complexity index is 514. The van der Waals surface area contributed by atoms with Crippen molar-refractivity contribution < 1.29 is 4.74 Å². The molecule has 0 fully saturated rings. The average molecular weight is 294 g/mol. The van der Waals surface area contributed by atoms with Gasteiger partial charge in [0.2, 0.25) is 0 Å². The molecule has 4 nitrogen and oxygen atoms in total. The van der Waals surface area contributed by atoms with Gasteiger partial charge < -0.3 is 10.5 Å². The molecule has 1 heterocycles. The van der Waals surface area contributed by atoms with Gasteiger partial charge in [-0.2, -0.15) is 0 Å². The van der Waals surface area contributed by atoms with Crippen LogP contribution in [0.4, 0.5) is 0 Å². The van der Waals surface area contributed by atoms with Gasteiger partial charge in [-0.1, -0.05) is 15.9 Å². The Morgan fingerprint density at radius 1 is 1.29 bits per heavy atom. The van der Waals surface area contributed by atoms with Gasteiger partial charge in [0.25, 0.3) is 0 Å². The van der Waals surface area contributed by atoms with Crippen molar-refractivity contribution >= 4 is 15.9 Å². The highest BCUT2D eigenvalue weighted by atomic mass is 79.9. The van der Waals surface area contributed by atoms with E-state index < -0.39 is 0 Å². The number of rotatable bonds is 3. The molecule has 0 aliphatic heterocycles. The van der Waals surface area contributed by atoms with E-state index in [1.165, 1.54) is 0 Å². The quantitative estimate of drug-likeness (QED) is 0.945. The first-order valence-electron chi connectivity index (χ1n) is 5.14. The number of aromatic nitrogens is 2. The smallest absolute Gasteiger partial charge is 0.321 e. The molecule has 2 aromatic rings. The van der Waals surface area contributed by atoms with Crippen LogP contribution in [0.25, 0.3) is 0 Å². The third-order valence-corrected chi connectivity index (χ3v) is 2.75. The third-order valence-electron chi connectivity index (χ3n) is 2.26. The minimum absolute atomic E-state index is 0.327. The van der Waals surface area contributed by atoms with Gasteiger partial charge in [-0.25, -0.2) is 9.97 Å². The molecule has 0 saturated heterocycles. The second-order valence-electron chi connectivity index (χ2n) is 3.59. The van der Waals surface area contributed by atoms with Crippen LogP contribution >= 0.6 is 15.9 Å². The molecule has 0 bridgehead atoms. The molecule has 0 unspecified atom stereocenters. The summed E-state index contributed by atoms with van der Waals surface area (Å²) in [6, 6.07) is 6.09. The second-order valence-corrected chi connectivity index (χ2v) is 4.51. The molecule has 2 N–H and O–H groups in total. The minimum atomic E-state index is 0.327. The first kappa shape index (κ1) is 12.0. The lowest BCUT2D eigenvalue weighted by atomic mass is 10.2. The van der Waals surface area contributed by atoms with Gasteiger partial charge in [-0.3, -0.25) is 0 Å². The number of nitrogens with zero attached hydrogens (tertiary/aromatic N) is 2. The molecule has 0 atom stereocenters. The van der Waals surface area contributed by atoms with E-state index >= 15 is 0 Å². The summed E-state index contributed by atoms with van der Waals surface area (Å²) in [5.74, 6) is 0.744.